The van der Waals surface area contributed by atoms with E-state index in [2.05, 4.69) is 57.3 Å². The van der Waals surface area contributed by atoms with Crippen molar-refractivity contribution in [2.45, 2.75) is 82.0 Å². The number of benzene rings is 9. The lowest BCUT2D eigenvalue weighted by atomic mass is 9.88. The van der Waals surface area contributed by atoms with Crippen LogP contribution in [0.2, 0.25) is 0 Å². The lowest BCUT2D eigenvalue weighted by Crippen LogP contribution is -2.32. The van der Waals surface area contributed by atoms with E-state index in [9.17, 15) is 47.7 Å². The molecular weight excluding hydrogens is 1620 g/mol. The summed E-state index contributed by atoms with van der Waals surface area (Å²) in [5, 5.41) is 37.4. The molecule has 16 aromatic rings. The first-order valence-electron chi connectivity index (χ1n) is 37.2. The monoisotopic (exact) mass is 1690 g/mol. The van der Waals surface area contributed by atoms with Crippen LogP contribution in [0.3, 0.4) is 0 Å². The van der Waals surface area contributed by atoms with Crippen LogP contribution in [0, 0.1) is 12.8 Å². The van der Waals surface area contributed by atoms with E-state index in [0.717, 1.165) is 159 Å². The van der Waals surface area contributed by atoms with Crippen molar-refractivity contribution in [1.82, 2.24) is 44.1 Å². The zero-order valence-electron chi connectivity index (χ0n) is 63.9. The second-order valence-electron chi connectivity index (χ2n) is 28.0. The van der Waals surface area contributed by atoms with Crippen LogP contribution >= 0.6 is 58.2 Å². The van der Waals surface area contributed by atoms with Crippen molar-refractivity contribution in [1.29, 1.82) is 0 Å². The summed E-state index contributed by atoms with van der Waals surface area (Å²) in [6.45, 7) is 5.04. The van der Waals surface area contributed by atoms with Crippen molar-refractivity contribution in [3.05, 3.63) is 260 Å². The molecule has 0 aliphatic carbocycles. The van der Waals surface area contributed by atoms with Crippen LogP contribution in [-0.4, -0.2) is 135 Å². The molecule has 2 unspecified atom stereocenters. The molecule has 2 aliphatic heterocycles. The number of Topliss-reactive ketones (excluding diaryl/α,β-unsaturated/α-hetero) is 1. The molecule has 596 valence electrons. The number of fused-ring (bicyclic) bond motifs is 8. The molecule has 0 bridgehead atoms. The Balaban J connectivity index is 0.000000124. The number of thiophene rings is 1. The number of unbranched alkanes of at least 4 members (excludes halogenated alkanes) is 1. The molecule has 7 aromatic heterocycles. The Morgan fingerprint density at radius 2 is 1.20 bits per heavy atom. The number of ketones is 1. The highest BCUT2D eigenvalue weighted by Crippen LogP contribution is 2.42. The third kappa shape index (κ3) is 17.4. The molecule has 0 saturated carbocycles. The molecule has 118 heavy (non-hydrogen) atoms. The lowest BCUT2D eigenvalue weighted by Gasteiger charge is -2.13. The summed E-state index contributed by atoms with van der Waals surface area (Å²) in [4.78, 5) is 61.5. The summed E-state index contributed by atoms with van der Waals surface area (Å²) >= 11 is 5.69. The van der Waals surface area contributed by atoms with E-state index in [4.69, 9.17) is 19.3 Å². The number of ether oxygens (including phenoxy) is 4. The number of rotatable bonds is 24. The molecule has 2 atom stereocenters. The van der Waals surface area contributed by atoms with Crippen molar-refractivity contribution in [2.24, 2.45) is 18.1 Å². The zero-order valence-corrected chi connectivity index (χ0v) is 68.8. The number of aryl methyl sites for hydroxylation is 2. The highest BCUT2D eigenvalue weighted by Gasteiger charge is 2.43. The van der Waals surface area contributed by atoms with Gasteiger partial charge in [0.1, 0.15) is 61.5 Å². The predicted octanol–water partition coefficient (Wildman–Crippen LogP) is 16.8. The van der Waals surface area contributed by atoms with Crippen LogP contribution in [0.4, 0.5) is 0 Å². The minimum Gasteiger partial charge on any atom is -0.497 e. The number of para-hydroxylation sites is 1. The van der Waals surface area contributed by atoms with Crippen LogP contribution < -0.4 is 14.2 Å². The van der Waals surface area contributed by atoms with Crippen molar-refractivity contribution in [3.8, 4) is 28.4 Å². The number of aromatic nitrogens is 10. The predicted molar refractivity (Wildman–Crippen MR) is 456 cm³/mol. The number of carboxylic acid groups (broad SMARTS) is 3. The number of sulfone groups is 1. The highest BCUT2D eigenvalue weighted by molar-refractivity contribution is 7.91. The van der Waals surface area contributed by atoms with Gasteiger partial charge in [-0.15, -0.1) is 11.3 Å². The van der Waals surface area contributed by atoms with Crippen LogP contribution in [0.5, 0.6) is 17.2 Å². The normalized spacial score (nSPS) is 13.3. The summed E-state index contributed by atoms with van der Waals surface area (Å²) in [5.41, 5.74) is 19.5. The van der Waals surface area contributed by atoms with Gasteiger partial charge in [-0.2, -0.15) is 35.0 Å². The average Bonchev–Trinajstić information content (AvgIpc) is 1.55. The molecular formula is C86H73N12O14S6+. The van der Waals surface area contributed by atoms with Gasteiger partial charge in [0.05, 0.1) is 110 Å². The number of esters is 1. The molecule has 3 N–H and O–H groups in total. The fourth-order valence-corrected chi connectivity index (χ4v) is 19.4. The number of nitrogens with zero attached hydrogens (tertiary/aromatic N) is 12. The van der Waals surface area contributed by atoms with Gasteiger partial charge in [0.15, 0.2) is 33.7 Å². The Hall–Kier alpha value is -12.7. The Kier molecular flexibility index (Phi) is 24.1. The van der Waals surface area contributed by atoms with Gasteiger partial charge in [0.2, 0.25) is 6.79 Å². The van der Waals surface area contributed by atoms with Crippen LogP contribution in [0.15, 0.2) is 210 Å². The van der Waals surface area contributed by atoms with Gasteiger partial charge in [-0.3, -0.25) is 9.59 Å². The van der Waals surface area contributed by atoms with Gasteiger partial charge in [0, 0.05) is 36.5 Å². The molecule has 32 heteroatoms. The van der Waals surface area contributed by atoms with E-state index in [1.54, 1.807) is 83.9 Å². The molecule has 2 aliphatic rings. The van der Waals surface area contributed by atoms with E-state index >= 15 is 0 Å². The first-order valence-corrected chi connectivity index (χ1v) is 42.6. The number of carbonyl (C=O) groups excluding carboxylic acids is 2. The largest absolute Gasteiger partial charge is 0.497 e. The van der Waals surface area contributed by atoms with Crippen LogP contribution in [-0.2, 0) is 69.3 Å². The van der Waals surface area contributed by atoms with Crippen molar-refractivity contribution >= 4 is 175 Å². The third-order valence-corrected chi connectivity index (χ3v) is 25.4. The Morgan fingerprint density at radius 1 is 0.619 bits per heavy atom. The second kappa shape index (κ2) is 35.4. The van der Waals surface area contributed by atoms with Gasteiger partial charge >= 0.3 is 29.6 Å². The molecule has 0 amide bonds. The van der Waals surface area contributed by atoms with Gasteiger partial charge in [-0.1, -0.05) is 115 Å². The van der Waals surface area contributed by atoms with Crippen LogP contribution in [0.1, 0.15) is 107 Å². The van der Waals surface area contributed by atoms with Gasteiger partial charge < -0.3 is 43.4 Å². The smallest absolute Gasteiger partial charge is 0.399 e. The van der Waals surface area contributed by atoms with Crippen molar-refractivity contribution in [2.75, 3.05) is 21.0 Å². The summed E-state index contributed by atoms with van der Waals surface area (Å²) < 4.78 is 86.4. The first kappa shape index (κ1) is 80.5. The number of aromatic carboxylic acids is 1. The van der Waals surface area contributed by atoms with E-state index in [1.165, 1.54) is 36.6 Å². The quantitative estimate of drug-likeness (QED) is 0.0287. The number of hydrazone groups is 1. The molecule has 18 rings (SSSR count). The minimum absolute atomic E-state index is 0.0670. The average molecular weight is 1690 g/mol. The van der Waals surface area contributed by atoms with E-state index < -0.39 is 39.6 Å². The Labute approximate surface area is 695 Å². The molecule has 0 spiro atoms. The molecule has 9 heterocycles. The molecule has 0 fully saturated rings. The second-order valence-corrected chi connectivity index (χ2v) is 33.0. The number of hydrogen-bond donors (Lipinski definition) is 3. The van der Waals surface area contributed by atoms with Gasteiger partial charge in [-0.25, -0.2) is 22.8 Å². The fourth-order valence-electron chi connectivity index (χ4n) is 14.5. The van der Waals surface area contributed by atoms with Gasteiger partial charge in [0.25, 0.3) is 0 Å². The van der Waals surface area contributed by atoms with Crippen LogP contribution in [0.25, 0.3) is 77.2 Å². The maximum absolute atomic E-state index is 13.1. The molecule has 9 aromatic carbocycles. The summed E-state index contributed by atoms with van der Waals surface area (Å²) in [6, 6.07) is 59.8. The number of carboxylic acids is 3. The summed E-state index contributed by atoms with van der Waals surface area (Å²) in [6.07, 6.45) is 3.86. The van der Waals surface area contributed by atoms with E-state index in [0.29, 0.717) is 76.4 Å². The van der Waals surface area contributed by atoms with Gasteiger partial charge in [-0.05, 0) is 185 Å². The third-order valence-electron chi connectivity index (χ3n) is 20.4. The van der Waals surface area contributed by atoms with E-state index in [1.807, 2.05) is 134 Å². The zero-order chi connectivity index (χ0) is 82.3. The fraction of sp³-hybridized carbons (Fsp3) is 0.198. The molecule has 0 saturated heterocycles. The van der Waals surface area contributed by atoms with Crippen molar-refractivity contribution in [3.63, 3.8) is 0 Å². The Morgan fingerprint density at radius 3 is 1.83 bits per heavy atom. The summed E-state index contributed by atoms with van der Waals surface area (Å²) in [5.74, 6) is -2.60. The van der Waals surface area contributed by atoms with E-state index in [-0.39, 0.29) is 46.1 Å². The molecule has 0 radical (unpaired) electrons. The number of aliphatic carboxylic acids is 2. The SMILES string of the molecule is CCCCC1=N[N+](Cc2ccccc2)=C(C(=O)O)C1Cc1ccc2nsnc2c1.COC(=O)c1ccc(CC(C(=O)O)c2ccc3nsnc3c2)cc1.COc1ccc(-c2c(C(=O)O)n(Cc3ccc4nsnc4c3)c3c4ccccc4n(C)c23)cc1.Cc1cc2c(cc1CC(=O)c1sccc1S(=O)(=O)Cc1ccc3nsnc3c1)OCO2. The number of methoxy groups -OCH3 is 2. The standard InChI is InChI=1S/C26H20N4O3S.C22H22N4O2S.C21H16N2O5S3.C17H14N2O4S/c1-29-21-6-4-3-5-18(21)23-24(29)22(16-8-10-17(33-2)11-9-16)25(26(31)32)30(23)14-15-7-12-19-20(13-15)28-34-27-19;1-2-3-9-18-17(12-16-10-11-19-20(13-16)25-29-24-19)21(22(27)28)26(23-18)14-15-7-5-4-6-8-15;1-12-6-18-19(28-11-27-18)9-14(12)8-17(24)21-20(4-5-29-21)31(25,26)10-13-2-3-15-16(7-13)23-30-22-15;1-23-17(22)11-4-2-10(3-5-11)8-13(16(20)21)12-6-7-14-15(9-12)19-24-18-14/h3-13H,14H2,1-2H3,(H,31,32);4-8,10-11,13,17H,2-3,9,12,14H2,1H3;2-7,9H,8,10-11H2,1H3;2-7,9,13H,8H2,1H3,(H,20,21)/p+1. The minimum atomic E-state index is -3.71. The van der Waals surface area contributed by atoms with Crippen molar-refractivity contribution < 1.29 is 71.3 Å². The highest BCUT2D eigenvalue weighted by atomic mass is 32.2. The number of hydrogen-bond acceptors (Lipinski definition) is 25. The molecule has 26 nitrogen and oxygen atoms in total. The maximum Gasteiger partial charge on any atom is 0.399 e. The lowest BCUT2D eigenvalue weighted by molar-refractivity contribution is -0.546. The first-order chi connectivity index (χ1) is 57.2. The maximum atomic E-state index is 13.1. The Bertz CT molecular complexity index is 6690. The number of carbonyl (C=O) groups is 5. The summed E-state index contributed by atoms with van der Waals surface area (Å²) in [7, 11) is 1.21. The topological polar surface area (TPSA) is 345 Å².